The second-order valence-corrected chi connectivity index (χ2v) is 5.24. The Balaban J connectivity index is 3.32. The van der Waals surface area contributed by atoms with Crippen molar-refractivity contribution in [2.24, 2.45) is 5.73 Å². The van der Waals surface area contributed by atoms with E-state index in [1.807, 2.05) is 26.0 Å². The van der Waals surface area contributed by atoms with Crippen LogP contribution in [-0.4, -0.2) is 6.26 Å². The molecule has 0 saturated heterocycles. The van der Waals surface area contributed by atoms with E-state index in [2.05, 4.69) is 28.3 Å². The van der Waals surface area contributed by atoms with Gasteiger partial charge in [0.2, 0.25) is 0 Å². The third-order valence-corrected chi connectivity index (χ3v) is 3.28. The molecule has 0 unspecified atom stereocenters. The highest BCUT2D eigenvalue weighted by molar-refractivity contribution is 9.10. The van der Waals surface area contributed by atoms with Gasteiger partial charge in [-0.25, -0.2) is 0 Å². The highest BCUT2D eigenvalue weighted by Gasteiger charge is 2.20. The molecule has 0 aliphatic carbocycles. The average molecular weight is 260 g/mol. The van der Waals surface area contributed by atoms with Gasteiger partial charge in [0, 0.05) is 14.9 Å². The first kappa shape index (κ1) is 11.1. The van der Waals surface area contributed by atoms with E-state index in [9.17, 15) is 0 Å². The van der Waals surface area contributed by atoms with Crippen molar-refractivity contribution < 1.29 is 0 Å². The Hall–Kier alpha value is 0.01000. The van der Waals surface area contributed by atoms with Crippen LogP contribution in [0.25, 0.3) is 0 Å². The molecule has 0 heterocycles. The zero-order valence-corrected chi connectivity index (χ0v) is 10.5. The second kappa shape index (κ2) is 4.03. The van der Waals surface area contributed by atoms with Crippen LogP contribution >= 0.6 is 27.7 Å². The van der Waals surface area contributed by atoms with Gasteiger partial charge >= 0.3 is 0 Å². The molecule has 1 rings (SSSR count). The summed E-state index contributed by atoms with van der Waals surface area (Å²) in [6.45, 7) is 4.04. The molecular formula is C10H14BrNS. The zero-order valence-electron chi connectivity index (χ0n) is 8.10. The summed E-state index contributed by atoms with van der Waals surface area (Å²) in [4.78, 5) is 1.24. The summed E-state index contributed by atoms with van der Waals surface area (Å²) < 4.78 is 1.09. The molecule has 0 amide bonds. The number of nitrogens with two attached hydrogens (primary N) is 1. The zero-order chi connectivity index (χ0) is 10.1. The summed E-state index contributed by atoms with van der Waals surface area (Å²) >= 11 is 5.26. The number of benzene rings is 1. The number of halogens is 1. The van der Waals surface area contributed by atoms with Crippen molar-refractivity contribution >= 4 is 27.7 Å². The molecule has 0 radical (unpaired) electrons. The van der Waals surface area contributed by atoms with Crippen LogP contribution in [0.4, 0.5) is 0 Å². The number of hydrogen-bond donors (Lipinski definition) is 1. The molecule has 3 heteroatoms. The monoisotopic (exact) mass is 259 g/mol. The topological polar surface area (TPSA) is 26.0 Å². The third kappa shape index (κ3) is 2.48. The lowest BCUT2D eigenvalue weighted by Crippen LogP contribution is -2.29. The Kier molecular flexibility index (Phi) is 3.44. The van der Waals surface area contributed by atoms with Gasteiger partial charge in [-0.05, 0) is 37.8 Å². The van der Waals surface area contributed by atoms with Crippen LogP contribution < -0.4 is 5.73 Å². The minimum Gasteiger partial charge on any atom is -0.322 e. The van der Waals surface area contributed by atoms with Gasteiger partial charge in [-0.3, -0.25) is 0 Å². The fraction of sp³-hybridized carbons (Fsp3) is 0.400. The minimum atomic E-state index is -0.293. The van der Waals surface area contributed by atoms with E-state index in [0.717, 1.165) is 4.47 Å². The number of rotatable bonds is 2. The van der Waals surface area contributed by atoms with E-state index in [0.29, 0.717) is 0 Å². The average Bonchev–Trinajstić information content (AvgIpc) is 2.01. The van der Waals surface area contributed by atoms with Crippen molar-refractivity contribution in [1.82, 2.24) is 0 Å². The van der Waals surface area contributed by atoms with Crippen LogP contribution in [0.5, 0.6) is 0 Å². The van der Waals surface area contributed by atoms with Crippen LogP contribution in [0.3, 0.4) is 0 Å². The van der Waals surface area contributed by atoms with Crippen LogP contribution in [0, 0.1) is 0 Å². The number of hydrogen-bond acceptors (Lipinski definition) is 2. The van der Waals surface area contributed by atoms with E-state index >= 15 is 0 Å². The molecular weight excluding hydrogens is 246 g/mol. The largest absolute Gasteiger partial charge is 0.322 e. The van der Waals surface area contributed by atoms with Gasteiger partial charge in [0.1, 0.15) is 0 Å². The van der Waals surface area contributed by atoms with Crippen molar-refractivity contribution in [1.29, 1.82) is 0 Å². The van der Waals surface area contributed by atoms with Gasteiger partial charge < -0.3 is 5.73 Å². The summed E-state index contributed by atoms with van der Waals surface area (Å²) in [5.74, 6) is 0. The summed E-state index contributed by atoms with van der Waals surface area (Å²) in [5, 5.41) is 0. The van der Waals surface area contributed by atoms with Crippen molar-refractivity contribution in [2.75, 3.05) is 6.26 Å². The fourth-order valence-corrected chi connectivity index (χ4v) is 3.10. The third-order valence-electron chi connectivity index (χ3n) is 1.84. The summed E-state index contributed by atoms with van der Waals surface area (Å²) in [6.07, 6.45) is 2.07. The van der Waals surface area contributed by atoms with E-state index in [1.54, 1.807) is 11.8 Å². The van der Waals surface area contributed by atoms with Crippen LogP contribution in [0.1, 0.15) is 19.4 Å². The maximum atomic E-state index is 6.09. The summed E-state index contributed by atoms with van der Waals surface area (Å²) in [5.41, 5.74) is 6.98. The highest BCUT2D eigenvalue weighted by atomic mass is 79.9. The molecule has 0 bridgehead atoms. The van der Waals surface area contributed by atoms with Gasteiger partial charge in [-0.15, -0.1) is 11.8 Å². The molecule has 0 aliphatic rings. The molecule has 1 aromatic carbocycles. The Labute approximate surface area is 92.2 Å². The second-order valence-electron chi connectivity index (χ2n) is 3.54. The molecule has 0 saturated carbocycles. The first-order valence-electron chi connectivity index (χ1n) is 4.08. The SMILES string of the molecule is CSc1cccc(Br)c1C(C)(C)N. The summed E-state index contributed by atoms with van der Waals surface area (Å²) in [7, 11) is 0. The van der Waals surface area contributed by atoms with Gasteiger partial charge in [0.15, 0.2) is 0 Å². The van der Waals surface area contributed by atoms with Crippen molar-refractivity contribution in [3.63, 3.8) is 0 Å². The molecule has 72 valence electrons. The van der Waals surface area contributed by atoms with E-state index < -0.39 is 0 Å². The Morgan fingerprint density at radius 3 is 2.38 bits per heavy atom. The van der Waals surface area contributed by atoms with Crippen LogP contribution in [0.2, 0.25) is 0 Å². The van der Waals surface area contributed by atoms with Crippen molar-refractivity contribution in [3.05, 3.63) is 28.2 Å². The van der Waals surface area contributed by atoms with Crippen LogP contribution in [0.15, 0.2) is 27.6 Å². The standard InChI is InChI=1S/C10H14BrNS/c1-10(2,12)9-7(11)5-4-6-8(9)13-3/h4-6H,12H2,1-3H3. The van der Waals surface area contributed by atoms with Gasteiger partial charge in [-0.1, -0.05) is 22.0 Å². The molecule has 0 fully saturated rings. The van der Waals surface area contributed by atoms with Gasteiger partial charge in [-0.2, -0.15) is 0 Å². The first-order valence-corrected chi connectivity index (χ1v) is 6.10. The molecule has 0 atom stereocenters. The Morgan fingerprint density at radius 2 is 2.00 bits per heavy atom. The maximum absolute atomic E-state index is 6.09. The molecule has 2 N–H and O–H groups in total. The lowest BCUT2D eigenvalue weighted by Gasteiger charge is -2.23. The summed E-state index contributed by atoms with van der Waals surface area (Å²) in [6, 6.07) is 6.16. The predicted molar refractivity (Wildman–Crippen MR) is 63.1 cm³/mol. The Bertz CT molecular complexity index is 304. The van der Waals surface area contributed by atoms with E-state index in [-0.39, 0.29) is 5.54 Å². The van der Waals surface area contributed by atoms with Crippen molar-refractivity contribution in [2.45, 2.75) is 24.3 Å². The fourth-order valence-electron chi connectivity index (χ4n) is 1.30. The van der Waals surface area contributed by atoms with E-state index in [4.69, 9.17) is 5.73 Å². The van der Waals surface area contributed by atoms with E-state index in [1.165, 1.54) is 10.5 Å². The molecule has 0 aliphatic heterocycles. The molecule has 13 heavy (non-hydrogen) atoms. The molecule has 1 aromatic rings. The maximum Gasteiger partial charge on any atom is 0.0374 e. The van der Waals surface area contributed by atoms with Gasteiger partial charge in [0.05, 0.1) is 0 Å². The minimum absolute atomic E-state index is 0.293. The molecule has 1 nitrogen and oxygen atoms in total. The van der Waals surface area contributed by atoms with Gasteiger partial charge in [0.25, 0.3) is 0 Å². The highest BCUT2D eigenvalue weighted by Crippen LogP contribution is 2.34. The Morgan fingerprint density at radius 1 is 1.38 bits per heavy atom. The van der Waals surface area contributed by atoms with Crippen molar-refractivity contribution in [3.8, 4) is 0 Å². The first-order chi connectivity index (χ1) is 5.96. The predicted octanol–water partition coefficient (Wildman–Crippen LogP) is 3.36. The molecule has 0 spiro atoms. The van der Waals surface area contributed by atoms with Crippen LogP contribution in [-0.2, 0) is 5.54 Å². The lowest BCUT2D eigenvalue weighted by molar-refractivity contribution is 0.540. The lowest BCUT2D eigenvalue weighted by atomic mass is 9.96. The normalized spacial score (nSPS) is 11.8. The quantitative estimate of drug-likeness (QED) is 0.825. The smallest absolute Gasteiger partial charge is 0.0374 e. The molecule has 0 aromatic heterocycles. The number of thioether (sulfide) groups is 1.